The Balaban J connectivity index is 2.39. The van der Waals surface area contributed by atoms with E-state index in [4.69, 9.17) is 4.74 Å². The molecule has 0 saturated carbocycles. The number of ether oxygens (including phenoxy) is 1. The molecule has 0 heterocycles. The van der Waals surface area contributed by atoms with Gasteiger partial charge in [-0.05, 0) is 24.5 Å². The molecule has 4 nitrogen and oxygen atoms in total. The fraction of sp³-hybridized carbons (Fsp3) is 0.500. The summed E-state index contributed by atoms with van der Waals surface area (Å²) in [4.78, 5) is 11.8. The Morgan fingerprint density at radius 1 is 1.44 bits per heavy atom. The van der Waals surface area contributed by atoms with Crippen LogP contribution in [0.25, 0.3) is 0 Å². The quantitative estimate of drug-likeness (QED) is 0.761. The lowest BCUT2D eigenvalue weighted by molar-refractivity contribution is 0.0884. The molecule has 0 spiro atoms. The zero-order valence-corrected chi connectivity index (χ0v) is 11.2. The minimum atomic E-state index is -0.274. The Hall–Kier alpha value is -1.55. The lowest BCUT2D eigenvalue weighted by Crippen LogP contribution is -2.27. The number of phenols is 1. The molecule has 0 unspecified atom stereocenters. The number of nitrogens with one attached hydrogen (secondary N) is 1. The summed E-state index contributed by atoms with van der Waals surface area (Å²) in [6.07, 6.45) is 0. The summed E-state index contributed by atoms with van der Waals surface area (Å²) in [7, 11) is 0. The zero-order valence-electron chi connectivity index (χ0n) is 11.2. The Labute approximate surface area is 108 Å². The molecule has 2 N–H and O–H groups in total. The number of carbonyl (C=O) groups excluding carboxylic acids is 1. The highest BCUT2D eigenvalue weighted by Gasteiger charge is 2.11. The molecule has 1 aromatic carbocycles. The van der Waals surface area contributed by atoms with Gasteiger partial charge in [0.25, 0.3) is 5.91 Å². The van der Waals surface area contributed by atoms with E-state index in [0.29, 0.717) is 36.8 Å². The summed E-state index contributed by atoms with van der Waals surface area (Å²) in [5.41, 5.74) is 0.998. The molecule has 100 valence electrons. The van der Waals surface area contributed by atoms with Crippen LogP contribution in [0.2, 0.25) is 0 Å². The molecule has 0 fully saturated rings. The second-order valence-electron chi connectivity index (χ2n) is 4.70. The number of aromatic hydroxyl groups is 1. The number of hydrogen-bond acceptors (Lipinski definition) is 3. The van der Waals surface area contributed by atoms with Crippen LogP contribution in [0, 0.1) is 12.8 Å². The third-order valence-corrected chi connectivity index (χ3v) is 2.47. The number of benzene rings is 1. The van der Waals surface area contributed by atoms with Gasteiger partial charge in [-0.2, -0.15) is 0 Å². The Bertz CT molecular complexity index is 402. The van der Waals surface area contributed by atoms with Gasteiger partial charge in [-0.3, -0.25) is 4.79 Å². The van der Waals surface area contributed by atoms with Gasteiger partial charge < -0.3 is 15.2 Å². The van der Waals surface area contributed by atoms with E-state index in [2.05, 4.69) is 19.2 Å². The molecule has 0 radical (unpaired) electrons. The van der Waals surface area contributed by atoms with Crippen molar-refractivity contribution in [3.63, 3.8) is 0 Å². The maximum atomic E-state index is 11.8. The minimum Gasteiger partial charge on any atom is -0.507 e. The van der Waals surface area contributed by atoms with Crippen LogP contribution >= 0.6 is 0 Å². The van der Waals surface area contributed by atoms with E-state index in [1.165, 1.54) is 0 Å². The van der Waals surface area contributed by atoms with Crippen molar-refractivity contribution in [1.29, 1.82) is 0 Å². The van der Waals surface area contributed by atoms with E-state index >= 15 is 0 Å². The summed E-state index contributed by atoms with van der Waals surface area (Å²) < 4.78 is 5.36. The third-order valence-electron chi connectivity index (χ3n) is 2.47. The molecular weight excluding hydrogens is 230 g/mol. The lowest BCUT2D eigenvalue weighted by atomic mass is 10.1. The first-order chi connectivity index (χ1) is 8.52. The molecule has 0 aromatic heterocycles. The average molecular weight is 251 g/mol. The van der Waals surface area contributed by atoms with Crippen LogP contribution in [-0.2, 0) is 4.74 Å². The predicted octanol–water partition coefficient (Wildman–Crippen LogP) is 2.10. The van der Waals surface area contributed by atoms with Crippen LogP contribution < -0.4 is 5.32 Å². The van der Waals surface area contributed by atoms with Crippen molar-refractivity contribution in [3.05, 3.63) is 29.3 Å². The summed E-state index contributed by atoms with van der Waals surface area (Å²) in [6, 6.07) is 5.11. The molecule has 0 bridgehead atoms. The molecule has 1 aromatic rings. The standard InChI is InChI=1S/C14H21NO3/c1-10(2)9-18-8-7-15-14(17)12-6-4-5-11(3)13(12)16/h4-6,10,16H,7-9H2,1-3H3,(H,15,17). The number of aryl methyl sites for hydroxylation is 1. The highest BCUT2D eigenvalue weighted by molar-refractivity contribution is 5.97. The average Bonchev–Trinajstić information content (AvgIpc) is 2.31. The third kappa shape index (κ3) is 4.37. The van der Waals surface area contributed by atoms with Crippen molar-refractivity contribution in [3.8, 4) is 5.75 Å². The van der Waals surface area contributed by atoms with Crippen LogP contribution in [0.15, 0.2) is 18.2 Å². The fourth-order valence-corrected chi connectivity index (χ4v) is 1.49. The molecule has 0 aliphatic rings. The molecule has 0 saturated heterocycles. The molecule has 4 heteroatoms. The first-order valence-electron chi connectivity index (χ1n) is 6.17. The van der Waals surface area contributed by atoms with Crippen molar-refractivity contribution in [2.75, 3.05) is 19.8 Å². The second-order valence-corrected chi connectivity index (χ2v) is 4.70. The largest absolute Gasteiger partial charge is 0.507 e. The minimum absolute atomic E-state index is 0.0399. The molecule has 0 atom stereocenters. The highest BCUT2D eigenvalue weighted by atomic mass is 16.5. The van der Waals surface area contributed by atoms with E-state index in [1.54, 1.807) is 25.1 Å². The fourth-order valence-electron chi connectivity index (χ4n) is 1.49. The van der Waals surface area contributed by atoms with Crippen LogP contribution in [0.4, 0.5) is 0 Å². The number of phenolic OH excluding ortho intramolecular Hbond substituents is 1. The Morgan fingerprint density at radius 2 is 2.17 bits per heavy atom. The smallest absolute Gasteiger partial charge is 0.255 e. The highest BCUT2D eigenvalue weighted by Crippen LogP contribution is 2.20. The van der Waals surface area contributed by atoms with Gasteiger partial charge in [-0.15, -0.1) is 0 Å². The van der Waals surface area contributed by atoms with E-state index in [1.807, 2.05) is 0 Å². The van der Waals surface area contributed by atoms with Crippen molar-refractivity contribution in [1.82, 2.24) is 5.32 Å². The zero-order chi connectivity index (χ0) is 13.5. The molecule has 18 heavy (non-hydrogen) atoms. The van der Waals surface area contributed by atoms with E-state index in [0.717, 1.165) is 0 Å². The normalized spacial score (nSPS) is 10.7. The number of para-hydroxylation sites is 1. The molecule has 1 rings (SSSR count). The lowest BCUT2D eigenvalue weighted by Gasteiger charge is -2.09. The maximum absolute atomic E-state index is 11.8. The van der Waals surface area contributed by atoms with Gasteiger partial charge >= 0.3 is 0 Å². The Morgan fingerprint density at radius 3 is 2.83 bits per heavy atom. The summed E-state index contributed by atoms with van der Waals surface area (Å²) >= 11 is 0. The van der Waals surface area contributed by atoms with Crippen LogP contribution in [-0.4, -0.2) is 30.8 Å². The van der Waals surface area contributed by atoms with E-state index in [9.17, 15) is 9.90 Å². The first-order valence-corrected chi connectivity index (χ1v) is 6.17. The summed E-state index contributed by atoms with van der Waals surface area (Å²) in [6.45, 7) is 7.52. The Kier molecular flexibility index (Phi) is 5.65. The number of rotatable bonds is 6. The molecular formula is C14H21NO3. The molecule has 0 aliphatic carbocycles. The predicted molar refractivity (Wildman–Crippen MR) is 70.8 cm³/mol. The molecule has 0 aliphatic heterocycles. The van der Waals surface area contributed by atoms with Crippen molar-refractivity contribution in [2.45, 2.75) is 20.8 Å². The van der Waals surface area contributed by atoms with Gasteiger partial charge in [-0.1, -0.05) is 26.0 Å². The topological polar surface area (TPSA) is 58.6 Å². The molecule has 1 amide bonds. The first kappa shape index (κ1) is 14.5. The maximum Gasteiger partial charge on any atom is 0.255 e. The number of amides is 1. The second kappa shape index (κ2) is 7.01. The van der Waals surface area contributed by atoms with Crippen molar-refractivity contribution in [2.24, 2.45) is 5.92 Å². The van der Waals surface area contributed by atoms with Gasteiger partial charge in [0.2, 0.25) is 0 Å². The summed E-state index contributed by atoms with van der Waals surface area (Å²) in [5.74, 6) is 0.254. The van der Waals surface area contributed by atoms with Gasteiger partial charge in [0.05, 0.1) is 12.2 Å². The van der Waals surface area contributed by atoms with Gasteiger partial charge in [0, 0.05) is 13.2 Å². The van der Waals surface area contributed by atoms with Crippen molar-refractivity contribution >= 4 is 5.91 Å². The van der Waals surface area contributed by atoms with Crippen LogP contribution in [0.1, 0.15) is 29.8 Å². The SMILES string of the molecule is Cc1cccc(C(=O)NCCOCC(C)C)c1O. The monoisotopic (exact) mass is 251 g/mol. The number of hydrogen-bond donors (Lipinski definition) is 2. The van der Waals surface area contributed by atoms with E-state index in [-0.39, 0.29) is 11.7 Å². The van der Waals surface area contributed by atoms with Gasteiger partial charge in [0.15, 0.2) is 0 Å². The summed E-state index contributed by atoms with van der Waals surface area (Å²) in [5, 5.41) is 12.5. The van der Waals surface area contributed by atoms with E-state index < -0.39 is 0 Å². The van der Waals surface area contributed by atoms with Crippen LogP contribution in [0.3, 0.4) is 0 Å². The van der Waals surface area contributed by atoms with Crippen molar-refractivity contribution < 1.29 is 14.6 Å². The van der Waals surface area contributed by atoms with Gasteiger partial charge in [-0.25, -0.2) is 0 Å². The van der Waals surface area contributed by atoms with Crippen LogP contribution in [0.5, 0.6) is 5.75 Å². The van der Waals surface area contributed by atoms with Gasteiger partial charge in [0.1, 0.15) is 5.75 Å². The number of carbonyl (C=O) groups is 1.